The number of amides is 2. The maximum Gasteiger partial charge on any atom is 0.225 e. The minimum Gasteiger partial charge on any atom is -0.342 e. The summed E-state index contributed by atoms with van der Waals surface area (Å²) in [4.78, 5) is 29.6. The topological polar surface area (TPSA) is 40.6 Å². The Bertz CT molecular complexity index is 459. The Morgan fingerprint density at radius 3 is 2.36 bits per heavy atom. The van der Waals surface area contributed by atoms with Crippen LogP contribution in [0.5, 0.6) is 0 Å². The predicted octanol–water partition coefficient (Wildman–Crippen LogP) is 4.14. The number of carbonyl (C=O) groups is 2. The zero-order valence-corrected chi connectivity index (χ0v) is 17.4. The number of nitrogens with zero attached hydrogens (tertiary/aromatic N) is 2. The van der Waals surface area contributed by atoms with Gasteiger partial charge in [0.15, 0.2) is 0 Å². The van der Waals surface area contributed by atoms with Gasteiger partial charge in [0.05, 0.1) is 4.87 Å². The molecule has 0 N–H and O–H groups in total. The first-order chi connectivity index (χ1) is 11.9. The first-order valence-electron chi connectivity index (χ1n) is 10.2. The van der Waals surface area contributed by atoms with E-state index in [0.717, 1.165) is 63.9 Å². The van der Waals surface area contributed by atoms with Crippen molar-refractivity contribution in [2.75, 3.05) is 25.4 Å². The second-order valence-electron chi connectivity index (χ2n) is 8.01. The molecule has 144 valence electrons. The normalized spacial score (nSPS) is 21.2. The molecule has 2 heterocycles. The van der Waals surface area contributed by atoms with Gasteiger partial charge in [-0.3, -0.25) is 9.59 Å². The van der Waals surface area contributed by atoms with Crippen LogP contribution in [0.15, 0.2) is 0 Å². The molecule has 2 aliphatic heterocycles. The number of thioether (sulfide) groups is 1. The molecule has 0 saturated carbocycles. The average Bonchev–Trinajstić information content (AvgIpc) is 2.98. The summed E-state index contributed by atoms with van der Waals surface area (Å²) in [6.07, 6.45) is 6.73. The van der Waals surface area contributed by atoms with Gasteiger partial charge in [-0.15, -0.1) is 11.8 Å². The number of unbranched alkanes of at least 4 members (excludes halogenated alkanes) is 1. The van der Waals surface area contributed by atoms with Gasteiger partial charge in [-0.1, -0.05) is 40.5 Å². The van der Waals surface area contributed by atoms with Crippen LogP contribution < -0.4 is 0 Å². The highest BCUT2D eigenvalue weighted by atomic mass is 32.2. The quantitative estimate of drug-likeness (QED) is 0.678. The highest BCUT2D eigenvalue weighted by molar-refractivity contribution is 8.00. The van der Waals surface area contributed by atoms with Gasteiger partial charge in [0.25, 0.3) is 0 Å². The van der Waals surface area contributed by atoms with Crippen LogP contribution in [0, 0.1) is 11.8 Å². The zero-order chi connectivity index (χ0) is 18.4. The van der Waals surface area contributed by atoms with Crippen LogP contribution in [0.25, 0.3) is 0 Å². The van der Waals surface area contributed by atoms with Crippen molar-refractivity contribution in [2.24, 2.45) is 11.8 Å². The Kier molecular flexibility index (Phi) is 7.66. The van der Waals surface area contributed by atoms with Crippen molar-refractivity contribution in [3.05, 3.63) is 0 Å². The fraction of sp³-hybridized carbons (Fsp3) is 0.900. The molecule has 1 atom stereocenters. The minimum atomic E-state index is -0.0477. The summed E-state index contributed by atoms with van der Waals surface area (Å²) >= 11 is 1.94. The van der Waals surface area contributed by atoms with Crippen molar-refractivity contribution in [2.45, 2.75) is 77.5 Å². The zero-order valence-electron chi connectivity index (χ0n) is 16.6. The van der Waals surface area contributed by atoms with E-state index in [2.05, 4.69) is 37.5 Å². The lowest BCUT2D eigenvalue weighted by molar-refractivity contribution is -0.140. The third-order valence-electron chi connectivity index (χ3n) is 5.67. The lowest BCUT2D eigenvalue weighted by Gasteiger charge is -2.45. The molecule has 2 amide bonds. The molecule has 1 unspecified atom stereocenters. The SMILES string of the molecule is CCCCC(CC)C(=O)N1CCC2(CC1)SCCN2C(=O)CC(C)C. The van der Waals surface area contributed by atoms with Gasteiger partial charge in [0.2, 0.25) is 11.8 Å². The Morgan fingerprint density at radius 1 is 1.12 bits per heavy atom. The number of hydrogen-bond acceptors (Lipinski definition) is 3. The summed E-state index contributed by atoms with van der Waals surface area (Å²) < 4.78 is 0. The smallest absolute Gasteiger partial charge is 0.225 e. The van der Waals surface area contributed by atoms with Gasteiger partial charge in [-0.25, -0.2) is 0 Å². The van der Waals surface area contributed by atoms with Gasteiger partial charge in [-0.05, 0) is 31.6 Å². The first kappa shape index (κ1) is 20.6. The first-order valence-corrected chi connectivity index (χ1v) is 11.1. The van der Waals surface area contributed by atoms with Crippen molar-refractivity contribution in [3.63, 3.8) is 0 Å². The van der Waals surface area contributed by atoms with E-state index in [1.54, 1.807) is 0 Å². The number of rotatable bonds is 7. The molecule has 5 heteroatoms. The lowest BCUT2D eigenvalue weighted by atomic mass is 9.95. The molecule has 0 bridgehead atoms. The Hall–Kier alpha value is -0.710. The maximum atomic E-state index is 12.8. The number of carbonyl (C=O) groups excluding carboxylic acids is 2. The van der Waals surface area contributed by atoms with E-state index in [9.17, 15) is 9.59 Å². The largest absolute Gasteiger partial charge is 0.342 e. The second kappa shape index (κ2) is 9.29. The summed E-state index contributed by atoms with van der Waals surface area (Å²) in [5.41, 5.74) is 0. The Morgan fingerprint density at radius 2 is 1.80 bits per heavy atom. The highest BCUT2D eigenvalue weighted by Gasteiger charge is 2.46. The molecule has 1 spiro atoms. The van der Waals surface area contributed by atoms with Crippen molar-refractivity contribution < 1.29 is 9.59 Å². The molecular formula is C20H36N2O2S. The summed E-state index contributed by atoms with van der Waals surface area (Å²) in [6, 6.07) is 0. The third-order valence-corrected chi connectivity index (χ3v) is 7.22. The third kappa shape index (κ3) is 4.93. The van der Waals surface area contributed by atoms with E-state index in [1.165, 1.54) is 0 Å². The molecule has 0 radical (unpaired) electrons. The number of piperidine rings is 1. The van der Waals surface area contributed by atoms with Crippen LogP contribution >= 0.6 is 11.8 Å². The van der Waals surface area contributed by atoms with E-state index in [1.807, 2.05) is 11.8 Å². The maximum absolute atomic E-state index is 12.8. The lowest BCUT2D eigenvalue weighted by Crippen LogP contribution is -2.54. The molecule has 25 heavy (non-hydrogen) atoms. The van der Waals surface area contributed by atoms with E-state index < -0.39 is 0 Å². The van der Waals surface area contributed by atoms with Crippen LogP contribution in [0.3, 0.4) is 0 Å². The summed E-state index contributed by atoms with van der Waals surface area (Å²) in [5.74, 6) is 2.26. The van der Waals surface area contributed by atoms with E-state index in [0.29, 0.717) is 24.2 Å². The summed E-state index contributed by atoms with van der Waals surface area (Å²) in [6.45, 7) is 11.0. The standard InChI is InChI=1S/C20H36N2O2S/c1-5-7-8-17(6-2)19(24)21-11-9-20(10-12-21)22(13-14-25-20)18(23)15-16(3)4/h16-17H,5-15H2,1-4H3. The summed E-state index contributed by atoms with van der Waals surface area (Å²) in [7, 11) is 0. The molecule has 2 saturated heterocycles. The molecule has 0 aromatic heterocycles. The minimum absolute atomic E-state index is 0.0477. The van der Waals surface area contributed by atoms with Gasteiger partial charge in [-0.2, -0.15) is 0 Å². The van der Waals surface area contributed by atoms with E-state index in [4.69, 9.17) is 0 Å². The van der Waals surface area contributed by atoms with E-state index >= 15 is 0 Å². The van der Waals surface area contributed by atoms with Crippen molar-refractivity contribution in [1.82, 2.24) is 9.80 Å². The van der Waals surface area contributed by atoms with Crippen LogP contribution in [-0.4, -0.2) is 51.9 Å². The van der Waals surface area contributed by atoms with Gasteiger partial charge >= 0.3 is 0 Å². The van der Waals surface area contributed by atoms with Crippen LogP contribution in [0.2, 0.25) is 0 Å². The average molecular weight is 369 g/mol. The predicted molar refractivity (Wildman–Crippen MR) is 105 cm³/mol. The molecule has 0 aliphatic carbocycles. The van der Waals surface area contributed by atoms with Crippen molar-refractivity contribution in [1.29, 1.82) is 0 Å². The number of likely N-dealkylation sites (tertiary alicyclic amines) is 1. The van der Waals surface area contributed by atoms with E-state index in [-0.39, 0.29) is 10.8 Å². The van der Waals surface area contributed by atoms with Crippen molar-refractivity contribution in [3.8, 4) is 0 Å². The second-order valence-corrected chi connectivity index (χ2v) is 9.47. The molecule has 2 aliphatic rings. The van der Waals surface area contributed by atoms with Gasteiger partial charge in [0.1, 0.15) is 0 Å². The molecular weight excluding hydrogens is 332 g/mol. The molecule has 0 aromatic carbocycles. The molecule has 0 aromatic rings. The monoisotopic (exact) mass is 368 g/mol. The molecule has 4 nitrogen and oxygen atoms in total. The van der Waals surface area contributed by atoms with Crippen molar-refractivity contribution >= 4 is 23.6 Å². The summed E-state index contributed by atoms with van der Waals surface area (Å²) in [5, 5.41) is 0. The van der Waals surface area contributed by atoms with Crippen LogP contribution in [0.4, 0.5) is 0 Å². The van der Waals surface area contributed by atoms with Crippen LogP contribution in [-0.2, 0) is 9.59 Å². The Balaban J connectivity index is 1.95. The van der Waals surface area contributed by atoms with Crippen LogP contribution in [0.1, 0.15) is 72.6 Å². The Labute approximate surface area is 158 Å². The van der Waals surface area contributed by atoms with Gasteiger partial charge < -0.3 is 9.80 Å². The molecule has 2 fully saturated rings. The van der Waals surface area contributed by atoms with Gasteiger partial charge in [0, 0.05) is 37.7 Å². The molecule has 2 rings (SSSR count). The number of hydrogen-bond donors (Lipinski definition) is 0. The fourth-order valence-corrected chi connectivity index (χ4v) is 5.60. The highest BCUT2D eigenvalue weighted by Crippen LogP contribution is 2.44. The fourth-order valence-electron chi connectivity index (χ4n) is 4.12.